The summed E-state index contributed by atoms with van der Waals surface area (Å²) in [5.41, 5.74) is 1.63. The lowest BCUT2D eigenvalue weighted by Crippen LogP contribution is -2.53. The smallest absolute Gasteiger partial charge is 0.303 e. The van der Waals surface area contributed by atoms with Gasteiger partial charge in [0.25, 0.3) is 0 Å². The van der Waals surface area contributed by atoms with Gasteiger partial charge in [-0.05, 0) is 42.6 Å². The number of aliphatic hydroxyl groups excluding tert-OH is 1. The third-order valence-electron chi connectivity index (χ3n) is 7.13. The van der Waals surface area contributed by atoms with Crippen LogP contribution in [-0.4, -0.2) is 58.2 Å². The number of benzene rings is 1. The van der Waals surface area contributed by atoms with Crippen LogP contribution in [0.3, 0.4) is 0 Å². The largest absolute Gasteiger partial charge is 0.481 e. The molecule has 3 atom stereocenters. The van der Waals surface area contributed by atoms with Crippen LogP contribution in [-0.2, 0) is 9.59 Å². The van der Waals surface area contributed by atoms with Crippen molar-refractivity contribution >= 4 is 23.6 Å². The minimum absolute atomic E-state index is 0.0175. The fourth-order valence-corrected chi connectivity index (χ4v) is 6.56. The number of rotatable bonds is 12. The van der Waals surface area contributed by atoms with Gasteiger partial charge in [0.1, 0.15) is 17.3 Å². The van der Waals surface area contributed by atoms with E-state index in [1.54, 1.807) is 23.9 Å². The molecular formula is C27H32FNO5S. The molecule has 1 amide bonds. The van der Waals surface area contributed by atoms with Crippen LogP contribution < -0.4 is 4.74 Å². The average Bonchev–Trinajstić information content (AvgIpc) is 2.82. The molecule has 6 nitrogen and oxygen atoms in total. The maximum Gasteiger partial charge on any atom is 0.303 e. The van der Waals surface area contributed by atoms with Gasteiger partial charge in [-0.3, -0.25) is 9.59 Å². The quantitative estimate of drug-likeness (QED) is 0.413. The van der Waals surface area contributed by atoms with E-state index in [9.17, 15) is 19.1 Å². The van der Waals surface area contributed by atoms with Gasteiger partial charge in [0.15, 0.2) is 0 Å². The van der Waals surface area contributed by atoms with E-state index in [2.05, 4.69) is 0 Å². The molecule has 1 saturated heterocycles. The predicted molar refractivity (Wildman–Crippen MR) is 133 cm³/mol. The van der Waals surface area contributed by atoms with Crippen molar-refractivity contribution < 1.29 is 28.9 Å². The van der Waals surface area contributed by atoms with Crippen molar-refractivity contribution in [1.82, 2.24) is 4.90 Å². The summed E-state index contributed by atoms with van der Waals surface area (Å²) in [6, 6.07) is 6.06. The molecule has 3 aliphatic rings. The van der Waals surface area contributed by atoms with Gasteiger partial charge in [0.05, 0.1) is 0 Å². The second kappa shape index (κ2) is 11.0. The van der Waals surface area contributed by atoms with Gasteiger partial charge in [-0.2, -0.15) is 11.8 Å². The van der Waals surface area contributed by atoms with Crippen LogP contribution >= 0.6 is 11.8 Å². The summed E-state index contributed by atoms with van der Waals surface area (Å²) in [4.78, 5) is 25.4. The fraction of sp³-hybridized carbons (Fsp3) is 0.481. The number of nitrogens with zero attached hydrogens (tertiary/aromatic N) is 1. The highest BCUT2D eigenvalue weighted by atomic mass is 32.2. The number of carboxylic acids is 1. The number of carboxylic acid groups (broad SMARTS) is 1. The molecular weight excluding hydrogens is 469 g/mol. The molecule has 1 aliphatic heterocycles. The molecule has 0 aromatic heterocycles. The van der Waals surface area contributed by atoms with Crippen LogP contribution in [0.1, 0.15) is 32.6 Å². The Morgan fingerprint density at radius 1 is 1.40 bits per heavy atom. The molecule has 2 aliphatic carbocycles. The number of halogens is 1. The molecule has 2 bridgehead atoms. The first-order valence-corrected chi connectivity index (χ1v) is 13.3. The first kappa shape index (κ1) is 25.5. The van der Waals surface area contributed by atoms with Crippen molar-refractivity contribution in [3.05, 3.63) is 65.2 Å². The standard InChI is InChI=1S/C27H32FNO5S/c1-18(14-25(32)33)17-35-13-11-29-16-19(8-9-24(29)31)27(10-12-30)22-6-3-7-23(27)26(22)34-21-5-2-4-20(28)15-21/h2-7,15,18-19,30H,8-14,16-17H2,1H3,(H,32,33)/t18?,19-/m0/s1. The number of carbonyl (C=O) groups is 2. The van der Waals surface area contributed by atoms with Crippen LogP contribution in [0.2, 0.25) is 0 Å². The number of likely N-dealkylation sites (tertiary alicyclic amines) is 1. The fourth-order valence-electron chi connectivity index (χ4n) is 5.52. The van der Waals surface area contributed by atoms with Crippen molar-refractivity contribution in [3.8, 4) is 5.75 Å². The average molecular weight is 502 g/mol. The van der Waals surface area contributed by atoms with Gasteiger partial charge >= 0.3 is 5.97 Å². The van der Waals surface area contributed by atoms with E-state index in [1.807, 2.05) is 30.1 Å². The summed E-state index contributed by atoms with van der Waals surface area (Å²) < 4.78 is 19.8. The van der Waals surface area contributed by atoms with Crippen molar-refractivity contribution in [2.24, 2.45) is 17.3 Å². The summed E-state index contributed by atoms with van der Waals surface area (Å²) >= 11 is 1.68. The number of hydrogen-bond acceptors (Lipinski definition) is 5. The van der Waals surface area contributed by atoms with Gasteiger partial charge in [-0.1, -0.05) is 31.2 Å². The van der Waals surface area contributed by atoms with Crippen LogP contribution in [0.15, 0.2) is 59.4 Å². The first-order valence-electron chi connectivity index (χ1n) is 12.1. The van der Waals surface area contributed by atoms with Crippen LogP contribution in [0, 0.1) is 23.1 Å². The number of fused-ring (bicyclic) bond motifs is 2. The Morgan fingerprint density at radius 2 is 2.23 bits per heavy atom. The number of aliphatic hydroxyl groups is 1. The van der Waals surface area contributed by atoms with Gasteiger partial charge in [-0.15, -0.1) is 0 Å². The Hall–Kier alpha value is -2.58. The van der Waals surface area contributed by atoms with E-state index >= 15 is 0 Å². The van der Waals surface area contributed by atoms with Crippen LogP contribution in [0.4, 0.5) is 4.39 Å². The molecule has 1 aromatic carbocycles. The third-order valence-corrected chi connectivity index (χ3v) is 8.40. The second-order valence-electron chi connectivity index (χ2n) is 9.54. The van der Waals surface area contributed by atoms with Crippen molar-refractivity contribution in [3.63, 3.8) is 0 Å². The maximum absolute atomic E-state index is 13.7. The number of thioether (sulfide) groups is 1. The number of aliphatic carboxylic acids is 1. The topological polar surface area (TPSA) is 87.1 Å². The zero-order valence-electron chi connectivity index (χ0n) is 19.9. The summed E-state index contributed by atoms with van der Waals surface area (Å²) in [6.45, 7) is 3.17. The summed E-state index contributed by atoms with van der Waals surface area (Å²) in [5.74, 6) is 1.89. The lowest BCUT2D eigenvalue weighted by Gasteiger charge is -2.54. The van der Waals surface area contributed by atoms with E-state index in [-0.39, 0.29) is 42.0 Å². The van der Waals surface area contributed by atoms with Crippen LogP contribution in [0.25, 0.3) is 0 Å². The molecule has 35 heavy (non-hydrogen) atoms. The number of hydrogen-bond donors (Lipinski definition) is 2. The van der Waals surface area contributed by atoms with Crippen molar-refractivity contribution in [2.45, 2.75) is 32.6 Å². The normalized spacial score (nSPS) is 24.2. The molecule has 8 heteroatoms. The third kappa shape index (κ3) is 5.33. The van der Waals surface area contributed by atoms with Gasteiger partial charge < -0.3 is 19.8 Å². The Balaban J connectivity index is 1.45. The molecule has 0 saturated carbocycles. The molecule has 188 valence electrons. The Labute approximate surface area is 209 Å². The molecule has 1 heterocycles. The number of carbonyl (C=O) groups excluding carboxylic acids is 1. The Kier molecular flexibility index (Phi) is 8.02. The maximum atomic E-state index is 13.7. The molecule has 4 rings (SSSR count). The molecule has 1 fully saturated rings. The first-order chi connectivity index (χ1) is 16.8. The summed E-state index contributed by atoms with van der Waals surface area (Å²) in [5, 5.41) is 18.9. The zero-order valence-corrected chi connectivity index (χ0v) is 20.7. The minimum atomic E-state index is -0.786. The highest BCUT2D eigenvalue weighted by Gasteiger charge is 2.56. The lowest BCUT2D eigenvalue weighted by molar-refractivity contribution is -0.138. The van der Waals surface area contributed by atoms with Gasteiger partial charge in [0, 0.05) is 60.9 Å². The summed E-state index contributed by atoms with van der Waals surface area (Å²) in [7, 11) is 0. The predicted octanol–water partition coefficient (Wildman–Crippen LogP) is 4.42. The highest BCUT2D eigenvalue weighted by Crippen LogP contribution is 2.62. The molecule has 0 spiro atoms. The van der Waals surface area contributed by atoms with E-state index in [0.29, 0.717) is 31.7 Å². The van der Waals surface area contributed by atoms with E-state index < -0.39 is 5.97 Å². The number of allylic oxidation sites excluding steroid dienone is 5. The minimum Gasteiger partial charge on any atom is -0.481 e. The lowest BCUT2D eigenvalue weighted by atomic mass is 9.52. The van der Waals surface area contributed by atoms with E-state index in [0.717, 1.165) is 34.8 Å². The second-order valence-corrected chi connectivity index (χ2v) is 10.7. The van der Waals surface area contributed by atoms with E-state index in [4.69, 9.17) is 9.84 Å². The van der Waals surface area contributed by atoms with Crippen LogP contribution in [0.5, 0.6) is 5.75 Å². The van der Waals surface area contributed by atoms with Gasteiger partial charge in [-0.25, -0.2) is 4.39 Å². The SMILES string of the molecule is CC(CSCCN1C[C@@H](C2(CCO)C3=CC=CC2=C3Oc2cccc(F)c2)CCC1=O)CC(=O)O. The number of amides is 1. The number of ether oxygens (including phenoxy) is 1. The molecule has 2 N–H and O–H groups in total. The summed E-state index contributed by atoms with van der Waals surface area (Å²) in [6.07, 6.45) is 7.89. The van der Waals surface area contributed by atoms with E-state index in [1.165, 1.54) is 12.1 Å². The molecule has 0 radical (unpaired) electrons. The Morgan fingerprint density at radius 3 is 2.91 bits per heavy atom. The number of piperidine rings is 1. The van der Waals surface area contributed by atoms with Crippen molar-refractivity contribution in [2.75, 3.05) is 31.2 Å². The monoisotopic (exact) mass is 501 g/mol. The molecule has 2 unspecified atom stereocenters. The highest BCUT2D eigenvalue weighted by molar-refractivity contribution is 7.99. The van der Waals surface area contributed by atoms with Crippen molar-refractivity contribution in [1.29, 1.82) is 0 Å². The molecule has 1 aromatic rings. The van der Waals surface area contributed by atoms with Gasteiger partial charge in [0.2, 0.25) is 5.91 Å². The Bertz CT molecular complexity index is 1070. The zero-order chi connectivity index (χ0) is 25.0.